The summed E-state index contributed by atoms with van der Waals surface area (Å²) in [6.45, 7) is 2.51. The average molecular weight is 395 g/mol. The van der Waals surface area contributed by atoms with Crippen molar-refractivity contribution in [3.63, 3.8) is 0 Å². The van der Waals surface area contributed by atoms with Gasteiger partial charge in [-0.25, -0.2) is 5.06 Å². The zero-order valence-electron chi connectivity index (χ0n) is 15.3. The summed E-state index contributed by atoms with van der Waals surface area (Å²) in [5.41, 5.74) is 1.57. The molecule has 0 bridgehead atoms. The standard InChI is InChI=1S/C17H25N5O4S/c1-2-3-4-12(8-21(26)11-23)15(25)22-9-17(5-6-17)7-13(22)14(24)19-16-20-18-10-27-16/h10-13,26H,2-9H2,1H3,(H,19,20,24)/t12?,13-/m0/s1. The second kappa shape index (κ2) is 8.30. The zero-order valence-corrected chi connectivity index (χ0v) is 16.2. The molecule has 27 heavy (non-hydrogen) atoms. The Morgan fingerprint density at radius 1 is 1.56 bits per heavy atom. The molecule has 1 spiro atoms. The minimum absolute atomic E-state index is 0.0393. The van der Waals surface area contributed by atoms with Gasteiger partial charge in [0.05, 0.1) is 12.5 Å². The van der Waals surface area contributed by atoms with Gasteiger partial charge in [-0.05, 0) is 31.1 Å². The van der Waals surface area contributed by atoms with Crippen molar-refractivity contribution in [1.29, 1.82) is 0 Å². The van der Waals surface area contributed by atoms with E-state index in [1.165, 1.54) is 16.8 Å². The topological polar surface area (TPSA) is 116 Å². The quantitative estimate of drug-likeness (QED) is 0.372. The van der Waals surface area contributed by atoms with Crippen LogP contribution in [0.1, 0.15) is 45.4 Å². The van der Waals surface area contributed by atoms with Gasteiger partial charge < -0.3 is 4.90 Å². The number of nitrogens with one attached hydrogen (secondary N) is 1. The summed E-state index contributed by atoms with van der Waals surface area (Å²) in [7, 11) is 0. The second-order valence-electron chi connectivity index (χ2n) is 7.49. The van der Waals surface area contributed by atoms with Crippen molar-refractivity contribution in [2.75, 3.05) is 18.4 Å². The lowest BCUT2D eigenvalue weighted by atomic mass is 9.99. The predicted octanol–water partition coefficient (Wildman–Crippen LogP) is 1.51. The molecule has 1 aromatic heterocycles. The first-order valence-electron chi connectivity index (χ1n) is 9.26. The molecule has 9 nitrogen and oxygen atoms in total. The first-order valence-corrected chi connectivity index (χ1v) is 10.1. The fourth-order valence-electron chi connectivity index (χ4n) is 3.72. The van der Waals surface area contributed by atoms with Crippen molar-refractivity contribution in [3.8, 4) is 0 Å². The number of rotatable bonds is 9. The highest BCUT2D eigenvalue weighted by molar-refractivity contribution is 7.13. The van der Waals surface area contributed by atoms with Crippen molar-refractivity contribution in [1.82, 2.24) is 20.2 Å². The van der Waals surface area contributed by atoms with Gasteiger partial charge in [0.25, 0.3) is 0 Å². The Hall–Kier alpha value is -2.07. The molecule has 1 unspecified atom stereocenters. The Morgan fingerprint density at radius 2 is 2.33 bits per heavy atom. The molecule has 0 radical (unpaired) electrons. The van der Waals surface area contributed by atoms with Gasteiger partial charge in [0.1, 0.15) is 11.6 Å². The van der Waals surface area contributed by atoms with Gasteiger partial charge in [-0.3, -0.25) is 24.9 Å². The van der Waals surface area contributed by atoms with Crippen LogP contribution in [0.4, 0.5) is 5.13 Å². The normalized spacial score (nSPS) is 21.1. The maximum atomic E-state index is 13.2. The maximum Gasteiger partial charge on any atom is 0.249 e. The molecule has 0 aromatic carbocycles. The number of carbonyl (C=O) groups is 3. The van der Waals surface area contributed by atoms with E-state index in [1.54, 1.807) is 4.90 Å². The monoisotopic (exact) mass is 395 g/mol. The summed E-state index contributed by atoms with van der Waals surface area (Å²) >= 11 is 1.23. The highest BCUT2D eigenvalue weighted by Gasteiger charge is 2.55. The lowest BCUT2D eigenvalue weighted by Gasteiger charge is -2.29. The number of aromatic nitrogens is 2. The molecule has 1 aromatic rings. The van der Waals surface area contributed by atoms with Crippen molar-refractivity contribution in [2.45, 2.75) is 51.5 Å². The van der Waals surface area contributed by atoms with E-state index in [0.717, 1.165) is 25.7 Å². The minimum Gasteiger partial charge on any atom is -0.330 e. The number of anilines is 1. The Balaban J connectivity index is 1.74. The van der Waals surface area contributed by atoms with Crippen LogP contribution in [0.25, 0.3) is 0 Å². The first kappa shape index (κ1) is 19.7. The molecule has 10 heteroatoms. The molecule has 1 saturated carbocycles. The van der Waals surface area contributed by atoms with Crippen LogP contribution in [0.3, 0.4) is 0 Å². The summed E-state index contributed by atoms with van der Waals surface area (Å²) in [4.78, 5) is 38.4. The van der Waals surface area contributed by atoms with Crippen molar-refractivity contribution in [2.24, 2.45) is 11.3 Å². The zero-order chi connectivity index (χ0) is 19.4. The fourth-order valence-corrected chi connectivity index (χ4v) is 4.17. The van der Waals surface area contributed by atoms with Crippen LogP contribution in [0.2, 0.25) is 0 Å². The minimum atomic E-state index is -0.559. The molecule has 2 fully saturated rings. The van der Waals surface area contributed by atoms with Crippen LogP contribution >= 0.6 is 11.3 Å². The molecule has 1 aliphatic carbocycles. The number of hydroxylamine groups is 2. The Morgan fingerprint density at radius 3 is 2.93 bits per heavy atom. The van der Waals surface area contributed by atoms with Crippen LogP contribution in [-0.2, 0) is 14.4 Å². The number of carbonyl (C=O) groups excluding carboxylic acids is 3. The van der Waals surface area contributed by atoms with Crippen LogP contribution in [0, 0.1) is 11.3 Å². The first-order chi connectivity index (χ1) is 13.0. The van der Waals surface area contributed by atoms with Crippen molar-refractivity contribution in [3.05, 3.63) is 5.51 Å². The van der Waals surface area contributed by atoms with Gasteiger partial charge in [0.2, 0.25) is 23.4 Å². The van der Waals surface area contributed by atoms with Crippen molar-refractivity contribution >= 4 is 34.7 Å². The molecule has 2 N–H and O–H groups in total. The van der Waals surface area contributed by atoms with E-state index in [1.807, 2.05) is 6.92 Å². The third kappa shape index (κ3) is 4.62. The number of amides is 3. The molecule has 3 rings (SSSR count). The molecule has 2 atom stereocenters. The molecule has 148 valence electrons. The number of hydrogen-bond acceptors (Lipinski definition) is 7. The van der Waals surface area contributed by atoms with Crippen LogP contribution in [0.15, 0.2) is 5.51 Å². The summed E-state index contributed by atoms with van der Waals surface area (Å²) in [6.07, 6.45) is 5.25. The molecular weight excluding hydrogens is 370 g/mol. The lowest BCUT2D eigenvalue weighted by molar-refractivity contribution is -0.157. The SMILES string of the molecule is CCCCC(CN(O)C=O)C(=O)N1CC2(CC2)C[C@H]1C(=O)Nc1nncs1. The predicted molar refractivity (Wildman–Crippen MR) is 97.9 cm³/mol. The number of unbranched alkanes of at least 4 members (excludes halogenated alkanes) is 1. The Bertz CT molecular complexity index is 679. The molecule has 2 heterocycles. The second-order valence-corrected chi connectivity index (χ2v) is 8.32. The van der Waals surface area contributed by atoms with E-state index in [-0.39, 0.29) is 23.8 Å². The molecule has 1 aliphatic heterocycles. The van der Waals surface area contributed by atoms with Crippen LogP contribution in [0.5, 0.6) is 0 Å². The molecular formula is C17H25N5O4S. The summed E-state index contributed by atoms with van der Waals surface area (Å²) < 4.78 is 0. The van der Waals surface area contributed by atoms with Gasteiger partial charge >= 0.3 is 0 Å². The van der Waals surface area contributed by atoms with Gasteiger partial charge in [0, 0.05) is 6.54 Å². The summed E-state index contributed by atoms with van der Waals surface area (Å²) in [6, 6.07) is -0.559. The summed E-state index contributed by atoms with van der Waals surface area (Å²) in [5.74, 6) is -0.953. The Kier molecular flexibility index (Phi) is 6.05. The number of nitrogens with zero attached hydrogens (tertiary/aromatic N) is 4. The van der Waals surface area contributed by atoms with Gasteiger partial charge in [-0.1, -0.05) is 31.1 Å². The van der Waals surface area contributed by atoms with E-state index in [4.69, 9.17) is 0 Å². The molecule has 2 aliphatic rings. The molecule has 1 saturated heterocycles. The number of hydrogen-bond donors (Lipinski definition) is 2. The van der Waals surface area contributed by atoms with E-state index >= 15 is 0 Å². The van der Waals surface area contributed by atoms with E-state index in [9.17, 15) is 19.6 Å². The smallest absolute Gasteiger partial charge is 0.249 e. The van der Waals surface area contributed by atoms with Gasteiger partial charge in [-0.2, -0.15) is 0 Å². The van der Waals surface area contributed by atoms with Crippen molar-refractivity contribution < 1.29 is 19.6 Å². The third-order valence-corrected chi connectivity index (χ3v) is 6.03. The Labute approximate surface area is 161 Å². The average Bonchev–Trinajstić information content (AvgIpc) is 3.05. The third-order valence-electron chi connectivity index (χ3n) is 5.43. The fraction of sp³-hybridized carbons (Fsp3) is 0.706. The number of likely N-dealkylation sites (tertiary alicyclic amines) is 1. The highest BCUT2D eigenvalue weighted by Crippen LogP contribution is 2.55. The lowest BCUT2D eigenvalue weighted by Crippen LogP contribution is -2.47. The van der Waals surface area contributed by atoms with E-state index in [0.29, 0.717) is 36.0 Å². The van der Waals surface area contributed by atoms with E-state index < -0.39 is 12.0 Å². The van der Waals surface area contributed by atoms with Gasteiger partial charge in [-0.15, -0.1) is 10.2 Å². The van der Waals surface area contributed by atoms with E-state index in [2.05, 4.69) is 15.5 Å². The summed E-state index contributed by atoms with van der Waals surface area (Å²) in [5, 5.41) is 20.8. The molecule has 3 amide bonds. The van der Waals surface area contributed by atoms with Gasteiger partial charge in [0.15, 0.2) is 0 Å². The van der Waals surface area contributed by atoms with Crippen LogP contribution < -0.4 is 5.32 Å². The highest BCUT2D eigenvalue weighted by atomic mass is 32.1. The maximum absolute atomic E-state index is 13.2. The van der Waals surface area contributed by atoms with Crippen LogP contribution in [-0.4, -0.2) is 62.7 Å². The largest absolute Gasteiger partial charge is 0.330 e.